The van der Waals surface area contributed by atoms with Crippen molar-refractivity contribution in [2.45, 2.75) is 71.6 Å². The molecule has 0 fully saturated rings. The van der Waals surface area contributed by atoms with Gasteiger partial charge in [-0.25, -0.2) is 4.79 Å². The van der Waals surface area contributed by atoms with E-state index in [1.807, 2.05) is 13.0 Å². The molecule has 0 aliphatic rings. The summed E-state index contributed by atoms with van der Waals surface area (Å²) in [5.41, 5.74) is 0.0445. The average Bonchev–Trinajstić information content (AvgIpc) is 2.50. The van der Waals surface area contributed by atoms with Crippen molar-refractivity contribution in [3.63, 3.8) is 0 Å². The van der Waals surface area contributed by atoms with Crippen LogP contribution in [0, 0.1) is 11.3 Å². The number of unbranched alkanes of at least 4 members (excludes halogenated alkanes) is 7. The van der Waals surface area contributed by atoms with E-state index in [9.17, 15) is 4.79 Å². The minimum absolute atomic E-state index is 0.0445. The normalized spacial score (nSPS) is 11.0. The minimum Gasteiger partial charge on any atom is -0.462 e. The zero-order chi connectivity index (χ0) is 15.8. The van der Waals surface area contributed by atoms with Crippen molar-refractivity contribution in [1.29, 1.82) is 5.26 Å². The first-order valence-corrected chi connectivity index (χ1v) is 8.27. The summed E-state index contributed by atoms with van der Waals surface area (Å²) in [7, 11) is 0. The monoisotopic (exact) mass is 294 g/mol. The van der Waals surface area contributed by atoms with Gasteiger partial charge in [0.2, 0.25) is 0 Å². The third-order valence-corrected chi connectivity index (χ3v) is 3.21. The highest BCUT2D eigenvalue weighted by Crippen LogP contribution is 2.08. The SMILES string of the molecule is CCCCCCCCCCOC(=O)C(C#N)=CNCCC. The van der Waals surface area contributed by atoms with Gasteiger partial charge < -0.3 is 10.1 Å². The van der Waals surface area contributed by atoms with Crippen LogP contribution >= 0.6 is 0 Å². The van der Waals surface area contributed by atoms with Gasteiger partial charge in [-0.2, -0.15) is 5.26 Å². The molecule has 4 heteroatoms. The molecule has 0 amide bonds. The summed E-state index contributed by atoms with van der Waals surface area (Å²) < 4.78 is 5.10. The molecule has 0 aromatic heterocycles. The van der Waals surface area contributed by atoms with Gasteiger partial charge >= 0.3 is 5.97 Å². The molecule has 1 N–H and O–H groups in total. The third kappa shape index (κ3) is 12.0. The first kappa shape index (κ1) is 19.5. The van der Waals surface area contributed by atoms with Gasteiger partial charge in [0.05, 0.1) is 6.61 Å². The lowest BCUT2D eigenvalue weighted by atomic mass is 10.1. The molecular formula is C17H30N2O2. The number of carbonyl (C=O) groups is 1. The minimum atomic E-state index is -0.524. The van der Waals surface area contributed by atoms with Gasteiger partial charge in [-0.05, 0) is 12.8 Å². The maximum Gasteiger partial charge on any atom is 0.350 e. The van der Waals surface area contributed by atoms with Crippen LogP contribution in [0.15, 0.2) is 11.8 Å². The smallest absolute Gasteiger partial charge is 0.350 e. The van der Waals surface area contributed by atoms with Gasteiger partial charge in [-0.3, -0.25) is 0 Å². The number of nitrogens with zero attached hydrogens (tertiary/aromatic N) is 1. The molecule has 0 aromatic rings. The number of nitrogens with one attached hydrogen (secondary N) is 1. The van der Waals surface area contributed by atoms with E-state index < -0.39 is 5.97 Å². The van der Waals surface area contributed by atoms with Crippen molar-refractivity contribution < 1.29 is 9.53 Å². The molecule has 0 radical (unpaired) electrons. The van der Waals surface area contributed by atoms with E-state index in [0.717, 1.165) is 25.8 Å². The summed E-state index contributed by atoms with van der Waals surface area (Å²) in [4.78, 5) is 11.6. The lowest BCUT2D eigenvalue weighted by molar-refractivity contribution is -0.138. The van der Waals surface area contributed by atoms with Crippen LogP contribution in [0.1, 0.15) is 71.6 Å². The summed E-state index contributed by atoms with van der Waals surface area (Å²) >= 11 is 0. The first-order chi connectivity index (χ1) is 10.3. The van der Waals surface area contributed by atoms with E-state index >= 15 is 0 Å². The van der Waals surface area contributed by atoms with E-state index in [0.29, 0.717) is 6.61 Å². The van der Waals surface area contributed by atoms with Crippen LogP contribution in [0.2, 0.25) is 0 Å². The Labute approximate surface area is 129 Å². The van der Waals surface area contributed by atoms with Gasteiger partial charge in [0.1, 0.15) is 6.07 Å². The van der Waals surface area contributed by atoms with Crippen LogP contribution < -0.4 is 5.32 Å². The topological polar surface area (TPSA) is 62.1 Å². The average molecular weight is 294 g/mol. The maximum atomic E-state index is 11.6. The summed E-state index contributed by atoms with van der Waals surface area (Å²) in [6.45, 7) is 5.39. The van der Waals surface area contributed by atoms with Crippen LogP contribution in [0.3, 0.4) is 0 Å². The number of hydrogen-bond donors (Lipinski definition) is 1. The highest BCUT2D eigenvalue weighted by Gasteiger charge is 2.09. The fourth-order valence-corrected chi connectivity index (χ4v) is 1.93. The van der Waals surface area contributed by atoms with Crippen LogP contribution in [0.5, 0.6) is 0 Å². The van der Waals surface area contributed by atoms with Crippen molar-refractivity contribution in [2.75, 3.05) is 13.2 Å². The van der Waals surface area contributed by atoms with E-state index in [-0.39, 0.29) is 5.57 Å². The van der Waals surface area contributed by atoms with E-state index in [1.54, 1.807) is 0 Å². The Kier molecular flexibility index (Phi) is 13.8. The Balaban J connectivity index is 3.60. The molecule has 0 spiro atoms. The molecule has 120 valence electrons. The molecule has 0 bridgehead atoms. The third-order valence-electron chi connectivity index (χ3n) is 3.21. The molecule has 0 atom stereocenters. The second-order valence-corrected chi connectivity index (χ2v) is 5.23. The van der Waals surface area contributed by atoms with Gasteiger partial charge in [0.15, 0.2) is 5.57 Å². The molecular weight excluding hydrogens is 264 g/mol. The summed E-state index contributed by atoms with van der Waals surface area (Å²) in [5, 5.41) is 11.8. The molecule has 0 aromatic carbocycles. The van der Waals surface area contributed by atoms with E-state index in [2.05, 4.69) is 12.2 Å². The Morgan fingerprint density at radius 1 is 1.05 bits per heavy atom. The first-order valence-electron chi connectivity index (χ1n) is 8.27. The van der Waals surface area contributed by atoms with Crippen LogP contribution in [-0.2, 0) is 9.53 Å². The van der Waals surface area contributed by atoms with E-state index in [4.69, 9.17) is 10.00 Å². The Bertz CT molecular complexity index is 332. The number of ether oxygens (including phenoxy) is 1. The van der Waals surface area contributed by atoms with Gasteiger partial charge in [0.25, 0.3) is 0 Å². The Morgan fingerprint density at radius 2 is 1.67 bits per heavy atom. The van der Waals surface area contributed by atoms with Crippen molar-refractivity contribution in [1.82, 2.24) is 5.32 Å². The highest BCUT2D eigenvalue weighted by molar-refractivity contribution is 5.92. The largest absolute Gasteiger partial charge is 0.462 e. The molecule has 0 saturated heterocycles. The lowest BCUT2D eigenvalue weighted by Crippen LogP contribution is -2.13. The predicted octanol–water partition coefficient (Wildman–Crippen LogP) is 4.08. The zero-order valence-corrected chi connectivity index (χ0v) is 13.6. The summed E-state index contributed by atoms with van der Waals surface area (Å²) in [6.07, 6.45) is 12.0. The number of esters is 1. The van der Waals surface area contributed by atoms with Crippen molar-refractivity contribution in [3.05, 3.63) is 11.8 Å². The van der Waals surface area contributed by atoms with E-state index in [1.165, 1.54) is 44.7 Å². The van der Waals surface area contributed by atoms with Gasteiger partial charge in [-0.1, -0.05) is 58.8 Å². The quantitative estimate of drug-likeness (QED) is 0.241. The predicted molar refractivity (Wildman–Crippen MR) is 85.6 cm³/mol. The van der Waals surface area contributed by atoms with Crippen molar-refractivity contribution >= 4 is 5.97 Å². The molecule has 0 heterocycles. The molecule has 4 nitrogen and oxygen atoms in total. The number of hydrogen-bond acceptors (Lipinski definition) is 4. The molecule has 0 aliphatic heterocycles. The van der Waals surface area contributed by atoms with Crippen LogP contribution in [0.25, 0.3) is 0 Å². The van der Waals surface area contributed by atoms with Gasteiger partial charge in [-0.15, -0.1) is 0 Å². The lowest BCUT2D eigenvalue weighted by Gasteiger charge is -2.04. The Hall–Kier alpha value is -1.50. The molecule has 0 unspecified atom stereocenters. The number of rotatable bonds is 13. The van der Waals surface area contributed by atoms with Crippen LogP contribution in [-0.4, -0.2) is 19.1 Å². The fraction of sp³-hybridized carbons (Fsp3) is 0.765. The standard InChI is InChI=1S/C17H30N2O2/c1-3-5-6-7-8-9-10-11-13-21-17(20)16(14-18)15-19-12-4-2/h15,19H,3-13H2,1-2H3. The Morgan fingerprint density at radius 3 is 2.24 bits per heavy atom. The van der Waals surface area contributed by atoms with Crippen molar-refractivity contribution in [3.8, 4) is 6.07 Å². The highest BCUT2D eigenvalue weighted by atomic mass is 16.5. The maximum absolute atomic E-state index is 11.6. The fourth-order valence-electron chi connectivity index (χ4n) is 1.93. The summed E-state index contributed by atoms with van der Waals surface area (Å²) in [5.74, 6) is -0.524. The number of nitriles is 1. The van der Waals surface area contributed by atoms with Crippen molar-refractivity contribution in [2.24, 2.45) is 0 Å². The molecule has 21 heavy (non-hydrogen) atoms. The second kappa shape index (κ2) is 14.9. The zero-order valence-electron chi connectivity index (χ0n) is 13.6. The second-order valence-electron chi connectivity index (χ2n) is 5.23. The molecule has 0 aliphatic carbocycles. The van der Waals surface area contributed by atoms with Gasteiger partial charge in [0, 0.05) is 12.7 Å². The number of carbonyl (C=O) groups excluding carboxylic acids is 1. The van der Waals surface area contributed by atoms with Crippen LogP contribution in [0.4, 0.5) is 0 Å². The molecule has 0 rings (SSSR count). The molecule has 0 saturated carbocycles. The summed E-state index contributed by atoms with van der Waals surface area (Å²) in [6, 6.07) is 1.87.